The van der Waals surface area contributed by atoms with Crippen LogP contribution < -0.4 is 10.1 Å². The number of benzene rings is 1. The van der Waals surface area contributed by atoms with Crippen molar-refractivity contribution in [1.82, 2.24) is 5.32 Å². The van der Waals surface area contributed by atoms with E-state index in [4.69, 9.17) is 9.47 Å². The lowest BCUT2D eigenvalue weighted by atomic mass is 10.1. The zero-order chi connectivity index (χ0) is 16.1. The Morgan fingerprint density at radius 1 is 1.39 bits per heavy atom. The molecule has 1 aromatic carbocycles. The first kappa shape index (κ1) is 16.5. The zero-order valence-corrected chi connectivity index (χ0v) is 14.7. The lowest BCUT2D eigenvalue weighted by Crippen LogP contribution is -2.18. The maximum absolute atomic E-state index is 6.11. The molecule has 1 saturated heterocycles. The van der Waals surface area contributed by atoms with E-state index in [0.29, 0.717) is 12.0 Å². The summed E-state index contributed by atoms with van der Waals surface area (Å²) in [5.41, 5.74) is 2.45. The zero-order valence-electron chi connectivity index (χ0n) is 13.9. The fraction of sp³-hybridized carbons (Fsp3) is 0.474. The molecule has 1 aromatic heterocycles. The van der Waals surface area contributed by atoms with Crippen molar-refractivity contribution in [3.8, 4) is 5.75 Å². The summed E-state index contributed by atoms with van der Waals surface area (Å²) in [5, 5.41) is 5.72. The minimum atomic E-state index is 0.354. The van der Waals surface area contributed by atoms with Crippen molar-refractivity contribution in [2.75, 3.05) is 19.8 Å². The number of thiophene rings is 1. The van der Waals surface area contributed by atoms with E-state index in [2.05, 4.69) is 54.9 Å². The summed E-state index contributed by atoms with van der Waals surface area (Å²) in [5.74, 6) is 1.53. The number of hydrogen-bond acceptors (Lipinski definition) is 4. The molecule has 1 fully saturated rings. The molecule has 2 heterocycles. The highest BCUT2D eigenvalue weighted by Crippen LogP contribution is 2.24. The van der Waals surface area contributed by atoms with E-state index in [-0.39, 0.29) is 0 Å². The first-order valence-electron chi connectivity index (χ1n) is 8.29. The Bertz CT molecular complexity index is 606. The second-order valence-corrected chi connectivity index (χ2v) is 7.25. The van der Waals surface area contributed by atoms with Crippen molar-refractivity contribution < 1.29 is 9.47 Å². The van der Waals surface area contributed by atoms with Crippen molar-refractivity contribution in [3.05, 3.63) is 51.7 Å². The molecule has 0 saturated carbocycles. The average molecular weight is 331 g/mol. The van der Waals surface area contributed by atoms with Gasteiger partial charge in [0.05, 0.1) is 13.2 Å². The maximum Gasteiger partial charge on any atom is 0.124 e. The summed E-state index contributed by atoms with van der Waals surface area (Å²) >= 11 is 1.79. The molecule has 23 heavy (non-hydrogen) atoms. The van der Waals surface area contributed by atoms with Gasteiger partial charge in [-0.3, -0.25) is 0 Å². The van der Waals surface area contributed by atoms with E-state index in [1.54, 1.807) is 11.3 Å². The molecule has 0 bridgehead atoms. The van der Waals surface area contributed by atoms with E-state index in [1.165, 1.54) is 16.0 Å². The van der Waals surface area contributed by atoms with Crippen LogP contribution in [0, 0.1) is 12.8 Å². The summed E-state index contributed by atoms with van der Waals surface area (Å²) in [6.45, 7) is 7.57. The monoisotopic (exact) mass is 331 g/mol. The maximum atomic E-state index is 6.11. The Kier molecular flexibility index (Phi) is 5.70. The van der Waals surface area contributed by atoms with Crippen LogP contribution in [0.25, 0.3) is 0 Å². The quantitative estimate of drug-likeness (QED) is 0.819. The molecule has 4 heteroatoms. The molecule has 3 rings (SSSR count). The lowest BCUT2D eigenvalue weighted by Gasteiger charge is -2.17. The molecule has 0 amide bonds. The highest BCUT2D eigenvalue weighted by atomic mass is 32.1. The standard InChI is InChI=1S/C19H25NO2S/c1-14-5-6-17(11-20-15(2)19-4-3-9-23-19)18(10-14)22-13-16-7-8-21-12-16/h3-6,9-10,15-16,20H,7-8,11-13H2,1-2H3/t15-,16-/m0/s1. The number of aryl methyl sites for hydroxylation is 1. The average Bonchev–Trinajstić information content (AvgIpc) is 3.25. The minimum absolute atomic E-state index is 0.354. The van der Waals surface area contributed by atoms with E-state index in [0.717, 1.165) is 38.5 Å². The Hall–Kier alpha value is -1.36. The van der Waals surface area contributed by atoms with Gasteiger partial charge in [0.1, 0.15) is 5.75 Å². The van der Waals surface area contributed by atoms with Crippen LogP contribution in [0.15, 0.2) is 35.7 Å². The highest BCUT2D eigenvalue weighted by Gasteiger charge is 2.17. The van der Waals surface area contributed by atoms with Gasteiger partial charge in [0.25, 0.3) is 0 Å². The van der Waals surface area contributed by atoms with Crippen molar-refractivity contribution in [3.63, 3.8) is 0 Å². The first-order valence-corrected chi connectivity index (χ1v) is 9.17. The molecule has 1 aliphatic heterocycles. The van der Waals surface area contributed by atoms with Crippen molar-refractivity contribution in [1.29, 1.82) is 0 Å². The van der Waals surface area contributed by atoms with Crippen LogP contribution in [-0.2, 0) is 11.3 Å². The third-order valence-corrected chi connectivity index (χ3v) is 5.34. The molecule has 2 aromatic rings. The van der Waals surface area contributed by atoms with Gasteiger partial charge in [0.2, 0.25) is 0 Å². The largest absolute Gasteiger partial charge is 0.493 e. The third kappa shape index (κ3) is 4.56. The molecule has 1 N–H and O–H groups in total. The topological polar surface area (TPSA) is 30.5 Å². The summed E-state index contributed by atoms with van der Waals surface area (Å²) in [4.78, 5) is 1.36. The van der Waals surface area contributed by atoms with Crippen LogP contribution in [0.2, 0.25) is 0 Å². The first-order chi connectivity index (χ1) is 11.2. The van der Waals surface area contributed by atoms with Gasteiger partial charge in [-0.25, -0.2) is 0 Å². The van der Waals surface area contributed by atoms with Crippen molar-refractivity contribution >= 4 is 11.3 Å². The van der Waals surface area contributed by atoms with E-state index in [1.807, 2.05) is 0 Å². The van der Waals surface area contributed by atoms with Crippen molar-refractivity contribution in [2.45, 2.75) is 32.9 Å². The molecular formula is C19H25NO2S. The van der Waals surface area contributed by atoms with Gasteiger partial charge >= 0.3 is 0 Å². The summed E-state index contributed by atoms with van der Waals surface area (Å²) in [7, 11) is 0. The van der Waals surface area contributed by atoms with Gasteiger partial charge in [-0.1, -0.05) is 18.2 Å². The molecular weight excluding hydrogens is 306 g/mol. The van der Waals surface area contributed by atoms with Gasteiger partial charge in [-0.15, -0.1) is 11.3 Å². The molecule has 3 nitrogen and oxygen atoms in total. The van der Waals surface area contributed by atoms with Gasteiger partial charge in [0.15, 0.2) is 0 Å². The second kappa shape index (κ2) is 7.95. The highest BCUT2D eigenvalue weighted by molar-refractivity contribution is 7.10. The molecule has 0 aliphatic carbocycles. The molecule has 0 unspecified atom stereocenters. The Morgan fingerprint density at radius 3 is 3.04 bits per heavy atom. The van der Waals surface area contributed by atoms with Crippen LogP contribution >= 0.6 is 11.3 Å². The number of rotatable bonds is 7. The van der Waals surface area contributed by atoms with E-state index >= 15 is 0 Å². The third-order valence-electron chi connectivity index (χ3n) is 4.29. The van der Waals surface area contributed by atoms with Crippen LogP contribution in [0.4, 0.5) is 0 Å². The second-order valence-electron chi connectivity index (χ2n) is 6.27. The van der Waals surface area contributed by atoms with Gasteiger partial charge in [-0.05, 0) is 43.3 Å². The van der Waals surface area contributed by atoms with Crippen LogP contribution in [0.1, 0.15) is 35.4 Å². The Balaban J connectivity index is 1.61. The Labute approximate surface area is 142 Å². The van der Waals surface area contributed by atoms with Crippen LogP contribution in [-0.4, -0.2) is 19.8 Å². The number of ether oxygens (including phenoxy) is 2. The summed E-state index contributed by atoms with van der Waals surface area (Å²) in [6, 6.07) is 11.1. The number of hydrogen-bond donors (Lipinski definition) is 1. The predicted octanol–water partition coefficient (Wildman–Crippen LogP) is 4.32. The molecule has 0 spiro atoms. The van der Waals surface area contributed by atoms with E-state index in [9.17, 15) is 0 Å². The summed E-state index contributed by atoms with van der Waals surface area (Å²) < 4.78 is 11.5. The normalized spacial score (nSPS) is 19.0. The molecule has 0 radical (unpaired) electrons. The van der Waals surface area contributed by atoms with Crippen LogP contribution in [0.3, 0.4) is 0 Å². The minimum Gasteiger partial charge on any atom is -0.493 e. The lowest BCUT2D eigenvalue weighted by molar-refractivity contribution is 0.166. The SMILES string of the molecule is Cc1ccc(CN[C@@H](C)c2cccs2)c(OC[C@H]2CCOC2)c1. The van der Waals surface area contributed by atoms with Gasteiger partial charge < -0.3 is 14.8 Å². The smallest absolute Gasteiger partial charge is 0.124 e. The summed E-state index contributed by atoms with van der Waals surface area (Å²) in [6.07, 6.45) is 1.11. The van der Waals surface area contributed by atoms with E-state index < -0.39 is 0 Å². The van der Waals surface area contributed by atoms with Gasteiger partial charge in [0, 0.05) is 35.6 Å². The van der Waals surface area contributed by atoms with Gasteiger partial charge in [-0.2, -0.15) is 0 Å². The fourth-order valence-corrected chi connectivity index (χ4v) is 3.52. The molecule has 2 atom stereocenters. The molecule has 124 valence electrons. The number of nitrogens with one attached hydrogen (secondary N) is 1. The fourth-order valence-electron chi connectivity index (χ4n) is 2.77. The predicted molar refractivity (Wildman–Crippen MR) is 95.2 cm³/mol. The molecule has 1 aliphatic rings. The van der Waals surface area contributed by atoms with Crippen molar-refractivity contribution in [2.24, 2.45) is 5.92 Å². The Morgan fingerprint density at radius 2 is 2.30 bits per heavy atom. The van der Waals surface area contributed by atoms with Crippen LogP contribution in [0.5, 0.6) is 5.75 Å².